The topological polar surface area (TPSA) is 97.0 Å². The van der Waals surface area contributed by atoms with E-state index in [1.165, 1.54) is 0 Å². The SMILES string of the molecule is O=C(CN1C(=O)CNC1=O)NCC[C@@H]1COc2ccccc2O1. The maximum Gasteiger partial charge on any atom is 0.325 e. The summed E-state index contributed by atoms with van der Waals surface area (Å²) in [6.07, 6.45) is 0.419. The Morgan fingerprint density at radius 2 is 2.09 bits per heavy atom. The highest BCUT2D eigenvalue weighted by Crippen LogP contribution is 2.31. The van der Waals surface area contributed by atoms with Gasteiger partial charge in [-0.2, -0.15) is 0 Å². The molecule has 8 nitrogen and oxygen atoms in total. The molecule has 1 aromatic rings. The van der Waals surface area contributed by atoms with Gasteiger partial charge in [0.25, 0.3) is 5.91 Å². The zero-order chi connectivity index (χ0) is 16.2. The van der Waals surface area contributed by atoms with E-state index in [1.54, 1.807) is 0 Å². The molecule has 4 amide bonds. The standard InChI is InChI=1S/C15H17N3O5/c19-13(8-18-14(20)7-17-15(18)21)16-6-5-10-9-22-11-3-1-2-4-12(11)23-10/h1-4,10H,5-9H2,(H,16,19)(H,17,21)/t10-/m1/s1. The van der Waals surface area contributed by atoms with Crippen LogP contribution in [0.5, 0.6) is 11.5 Å². The molecule has 1 atom stereocenters. The van der Waals surface area contributed by atoms with Crippen LogP contribution in [0.3, 0.4) is 0 Å². The molecular formula is C15H17N3O5. The molecule has 2 aliphatic rings. The van der Waals surface area contributed by atoms with Crippen LogP contribution in [0.1, 0.15) is 6.42 Å². The molecule has 0 spiro atoms. The van der Waals surface area contributed by atoms with Crippen molar-refractivity contribution in [2.75, 3.05) is 26.2 Å². The van der Waals surface area contributed by atoms with Crippen molar-refractivity contribution in [3.05, 3.63) is 24.3 Å². The summed E-state index contributed by atoms with van der Waals surface area (Å²) in [7, 11) is 0. The minimum atomic E-state index is -0.536. The molecule has 0 bridgehead atoms. The number of nitrogens with zero attached hydrogens (tertiary/aromatic N) is 1. The van der Waals surface area contributed by atoms with Crippen LogP contribution >= 0.6 is 0 Å². The van der Waals surface area contributed by atoms with E-state index in [-0.39, 0.29) is 25.1 Å². The van der Waals surface area contributed by atoms with Gasteiger partial charge in [-0.1, -0.05) is 12.1 Å². The zero-order valence-corrected chi connectivity index (χ0v) is 12.4. The lowest BCUT2D eigenvalue weighted by molar-refractivity contribution is -0.130. The van der Waals surface area contributed by atoms with Crippen LogP contribution < -0.4 is 20.1 Å². The summed E-state index contributed by atoms with van der Waals surface area (Å²) in [4.78, 5) is 35.4. The van der Waals surface area contributed by atoms with Crippen molar-refractivity contribution in [2.45, 2.75) is 12.5 Å². The number of para-hydroxylation sites is 2. The summed E-state index contributed by atoms with van der Waals surface area (Å²) < 4.78 is 11.4. The van der Waals surface area contributed by atoms with Crippen molar-refractivity contribution < 1.29 is 23.9 Å². The molecule has 0 unspecified atom stereocenters. The van der Waals surface area contributed by atoms with E-state index in [1.807, 2.05) is 24.3 Å². The number of benzene rings is 1. The van der Waals surface area contributed by atoms with Gasteiger partial charge in [0.2, 0.25) is 5.91 Å². The second-order valence-electron chi connectivity index (χ2n) is 5.27. The molecule has 2 aliphatic heterocycles. The lowest BCUT2D eigenvalue weighted by atomic mass is 10.2. The number of hydrogen-bond acceptors (Lipinski definition) is 5. The number of rotatable bonds is 5. The van der Waals surface area contributed by atoms with Gasteiger partial charge >= 0.3 is 6.03 Å². The van der Waals surface area contributed by atoms with Gasteiger partial charge < -0.3 is 20.1 Å². The molecule has 0 aromatic heterocycles. The average molecular weight is 319 g/mol. The monoisotopic (exact) mass is 319 g/mol. The highest BCUT2D eigenvalue weighted by atomic mass is 16.6. The van der Waals surface area contributed by atoms with E-state index in [0.29, 0.717) is 31.1 Å². The Morgan fingerprint density at radius 1 is 1.30 bits per heavy atom. The van der Waals surface area contributed by atoms with Crippen LogP contribution in [0.15, 0.2) is 24.3 Å². The Bertz CT molecular complexity index is 617. The first kappa shape index (κ1) is 15.1. The van der Waals surface area contributed by atoms with Gasteiger partial charge in [-0.3, -0.25) is 14.5 Å². The number of hydrogen-bond donors (Lipinski definition) is 2. The third-order valence-corrected chi connectivity index (χ3v) is 3.59. The summed E-state index contributed by atoms with van der Waals surface area (Å²) >= 11 is 0. The summed E-state index contributed by atoms with van der Waals surface area (Å²) in [5.74, 6) is 0.624. The van der Waals surface area contributed by atoms with E-state index in [0.717, 1.165) is 4.90 Å². The Kier molecular flexibility index (Phi) is 4.31. The number of nitrogens with one attached hydrogen (secondary N) is 2. The van der Waals surface area contributed by atoms with Crippen LogP contribution in [0.2, 0.25) is 0 Å². The molecule has 1 fully saturated rings. The first-order chi connectivity index (χ1) is 11.1. The van der Waals surface area contributed by atoms with Gasteiger partial charge in [-0.25, -0.2) is 4.79 Å². The Hall–Kier alpha value is -2.77. The average Bonchev–Trinajstić information content (AvgIpc) is 2.87. The molecule has 1 saturated heterocycles. The van der Waals surface area contributed by atoms with Crippen LogP contribution in [-0.2, 0) is 9.59 Å². The molecule has 2 N–H and O–H groups in total. The van der Waals surface area contributed by atoms with E-state index < -0.39 is 11.9 Å². The van der Waals surface area contributed by atoms with E-state index >= 15 is 0 Å². The molecule has 8 heteroatoms. The third-order valence-electron chi connectivity index (χ3n) is 3.59. The number of fused-ring (bicyclic) bond motifs is 1. The molecule has 3 rings (SSSR count). The first-order valence-corrected chi connectivity index (χ1v) is 7.37. The minimum absolute atomic E-state index is 0.0568. The van der Waals surface area contributed by atoms with Crippen LogP contribution in [-0.4, -0.2) is 55.1 Å². The number of carbonyl (C=O) groups excluding carboxylic acids is 3. The van der Waals surface area contributed by atoms with Crippen molar-refractivity contribution >= 4 is 17.8 Å². The summed E-state index contributed by atoms with van der Waals surface area (Å²) in [6.45, 7) is 0.465. The first-order valence-electron chi connectivity index (χ1n) is 7.37. The fraction of sp³-hybridized carbons (Fsp3) is 0.400. The summed E-state index contributed by atoms with van der Waals surface area (Å²) in [5.41, 5.74) is 0. The number of urea groups is 1. The van der Waals surface area contributed by atoms with E-state index in [9.17, 15) is 14.4 Å². The minimum Gasteiger partial charge on any atom is -0.486 e. The van der Waals surface area contributed by atoms with E-state index in [4.69, 9.17) is 9.47 Å². The Morgan fingerprint density at radius 3 is 2.83 bits per heavy atom. The Balaban J connectivity index is 1.41. The largest absolute Gasteiger partial charge is 0.486 e. The molecule has 122 valence electrons. The maximum atomic E-state index is 11.8. The van der Waals surface area contributed by atoms with Crippen molar-refractivity contribution in [3.8, 4) is 11.5 Å². The molecular weight excluding hydrogens is 302 g/mol. The number of ether oxygens (including phenoxy) is 2. The summed E-state index contributed by atoms with van der Waals surface area (Å²) in [6, 6.07) is 6.87. The fourth-order valence-electron chi connectivity index (χ4n) is 2.39. The van der Waals surface area contributed by atoms with Crippen LogP contribution in [0.25, 0.3) is 0 Å². The highest BCUT2D eigenvalue weighted by molar-refractivity contribution is 6.04. The smallest absolute Gasteiger partial charge is 0.325 e. The van der Waals surface area contributed by atoms with Gasteiger partial charge in [-0.15, -0.1) is 0 Å². The molecule has 2 heterocycles. The predicted molar refractivity (Wildman–Crippen MR) is 79.1 cm³/mol. The zero-order valence-electron chi connectivity index (χ0n) is 12.4. The van der Waals surface area contributed by atoms with Gasteiger partial charge in [0, 0.05) is 13.0 Å². The lowest BCUT2D eigenvalue weighted by Crippen LogP contribution is -2.42. The van der Waals surface area contributed by atoms with Crippen molar-refractivity contribution in [2.24, 2.45) is 0 Å². The van der Waals surface area contributed by atoms with Gasteiger partial charge in [0.1, 0.15) is 19.3 Å². The summed E-state index contributed by atoms with van der Waals surface area (Å²) in [5, 5.41) is 5.04. The quantitative estimate of drug-likeness (QED) is 0.738. The Labute approximate surface area is 132 Å². The third kappa shape index (κ3) is 3.53. The van der Waals surface area contributed by atoms with Gasteiger partial charge in [0.15, 0.2) is 11.5 Å². The second kappa shape index (κ2) is 6.55. The number of amides is 4. The van der Waals surface area contributed by atoms with Gasteiger partial charge in [0.05, 0.1) is 6.54 Å². The molecule has 1 aromatic carbocycles. The van der Waals surface area contributed by atoms with Crippen molar-refractivity contribution in [3.63, 3.8) is 0 Å². The maximum absolute atomic E-state index is 11.8. The predicted octanol–water partition coefficient (Wildman–Crippen LogP) is -0.115. The normalized spacial score (nSPS) is 19.5. The van der Waals surface area contributed by atoms with Gasteiger partial charge in [-0.05, 0) is 12.1 Å². The second-order valence-corrected chi connectivity index (χ2v) is 5.27. The van der Waals surface area contributed by atoms with E-state index in [2.05, 4.69) is 10.6 Å². The molecule has 0 radical (unpaired) electrons. The lowest BCUT2D eigenvalue weighted by Gasteiger charge is -2.26. The molecule has 23 heavy (non-hydrogen) atoms. The molecule has 0 saturated carbocycles. The van der Waals surface area contributed by atoms with Crippen molar-refractivity contribution in [1.82, 2.24) is 15.5 Å². The highest BCUT2D eigenvalue weighted by Gasteiger charge is 2.30. The van der Waals surface area contributed by atoms with Crippen LogP contribution in [0.4, 0.5) is 4.79 Å². The van der Waals surface area contributed by atoms with Crippen LogP contribution in [0, 0.1) is 0 Å². The molecule has 0 aliphatic carbocycles. The van der Waals surface area contributed by atoms with Crippen molar-refractivity contribution in [1.29, 1.82) is 0 Å². The number of carbonyl (C=O) groups is 3. The fourth-order valence-corrected chi connectivity index (χ4v) is 2.39. The number of imide groups is 1.